The van der Waals surface area contributed by atoms with Gasteiger partial charge < -0.3 is 9.47 Å². The fourth-order valence-electron chi connectivity index (χ4n) is 2.08. The van der Waals surface area contributed by atoms with Gasteiger partial charge in [0.2, 0.25) is 0 Å². The number of rotatable bonds is 5. The summed E-state index contributed by atoms with van der Waals surface area (Å²) in [5.41, 5.74) is 2.44. The van der Waals surface area contributed by atoms with Gasteiger partial charge in [0.1, 0.15) is 0 Å². The first-order valence-corrected chi connectivity index (χ1v) is 6.31. The van der Waals surface area contributed by atoms with Crippen LogP contribution in [0.1, 0.15) is 57.1 Å². The van der Waals surface area contributed by atoms with Crippen molar-refractivity contribution < 1.29 is 9.47 Å². The Labute approximate surface area is 105 Å². The Bertz CT molecular complexity index is 369. The van der Waals surface area contributed by atoms with Gasteiger partial charge in [-0.1, -0.05) is 39.8 Å². The topological polar surface area (TPSA) is 18.5 Å². The minimum Gasteiger partial charge on any atom is -0.493 e. The maximum Gasteiger partial charge on any atom is 0.164 e. The van der Waals surface area contributed by atoms with Gasteiger partial charge in [0, 0.05) is 11.1 Å². The molecule has 0 fully saturated rings. The highest BCUT2D eigenvalue weighted by molar-refractivity contribution is 5.54. The van der Waals surface area contributed by atoms with Crippen LogP contribution in [0.25, 0.3) is 0 Å². The third kappa shape index (κ3) is 2.74. The van der Waals surface area contributed by atoms with E-state index >= 15 is 0 Å². The van der Waals surface area contributed by atoms with Crippen LogP contribution in [0.4, 0.5) is 0 Å². The first-order valence-electron chi connectivity index (χ1n) is 6.31. The zero-order valence-corrected chi connectivity index (χ0v) is 11.8. The number of methoxy groups -OCH3 is 2. The lowest BCUT2D eigenvalue weighted by Gasteiger charge is -2.20. The van der Waals surface area contributed by atoms with Gasteiger partial charge in [-0.05, 0) is 18.3 Å². The highest BCUT2D eigenvalue weighted by atomic mass is 16.5. The molecule has 2 nitrogen and oxygen atoms in total. The summed E-state index contributed by atoms with van der Waals surface area (Å²) in [4.78, 5) is 0. The van der Waals surface area contributed by atoms with E-state index in [9.17, 15) is 0 Å². The van der Waals surface area contributed by atoms with Gasteiger partial charge in [0.25, 0.3) is 0 Å². The molecule has 0 aliphatic heterocycles. The van der Waals surface area contributed by atoms with Crippen LogP contribution in [-0.4, -0.2) is 14.2 Å². The van der Waals surface area contributed by atoms with E-state index in [0.717, 1.165) is 17.9 Å². The van der Waals surface area contributed by atoms with Crippen LogP contribution in [0.3, 0.4) is 0 Å². The van der Waals surface area contributed by atoms with Gasteiger partial charge in [0.15, 0.2) is 11.5 Å². The van der Waals surface area contributed by atoms with E-state index in [-0.39, 0.29) is 0 Å². The highest BCUT2D eigenvalue weighted by Crippen LogP contribution is 2.41. The van der Waals surface area contributed by atoms with Crippen molar-refractivity contribution in [3.8, 4) is 11.5 Å². The van der Waals surface area contributed by atoms with Gasteiger partial charge in [-0.25, -0.2) is 0 Å². The van der Waals surface area contributed by atoms with Gasteiger partial charge in [-0.3, -0.25) is 0 Å². The van der Waals surface area contributed by atoms with Crippen molar-refractivity contribution in [2.24, 2.45) is 0 Å². The van der Waals surface area contributed by atoms with Gasteiger partial charge >= 0.3 is 0 Å². The Kier molecular flexibility index (Phi) is 4.86. The summed E-state index contributed by atoms with van der Waals surface area (Å²) in [7, 11) is 3.43. The maximum absolute atomic E-state index is 5.56. The monoisotopic (exact) mass is 236 g/mol. The van der Waals surface area contributed by atoms with Crippen molar-refractivity contribution in [3.05, 3.63) is 23.3 Å². The molecule has 0 aromatic heterocycles. The molecule has 96 valence electrons. The van der Waals surface area contributed by atoms with Crippen LogP contribution in [0, 0.1) is 0 Å². The molecule has 0 heterocycles. The maximum atomic E-state index is 5.56. The minimum absolute atomic E-state index is 0.435. The first kappa shape index (κ1) is 13.9. The van der Waals surface area contributed by atoms with E-state index in [2.05, 4.69) is 39.8 Å². The summed E-state index contributed by atoms with van der Waals surface area (Å²) in [6, 6.07) is 4.33. The van der Waals surface area contributed by atoms with E-state index in [0.29, 0.717) is 11.8 Å². The Hall–Kier alpha value is -1.18. The van der Waals surface area contributed by atoms with Crippen LogP contribution >= 0.6 is 0 Å². The SMILES string of the molecule is CCC(C)c1ccc(C(C)C)c(OC)c1OC. The summed E-state index contributed by atoms with van der Waals surface area (Å²) in [6.07, 6.45) is 1.10. The predicted molar refractivity (Wildman–Crippen MR) is 72.3 cm³/mol. The van der Waals surface area contributed by atoms with Crippen molar-refractivity contribution in [3.63, 3.8) is 0 Å². The number of benzene rings is 1. The van der Waals surface area contributed by atoms with Gasteiger partial charge in [-0.15, -0.1) is 0 Å². The fraction of sp³-hybridized carbons (Fsp3) is 0.600. The molecule has 0 spiro atoms. The lowest BCUT2D eigenvalue weighted by Crippen LogP contribution is -2.03. The van der Waals surface area contributed by atoms with E-state index in [1.165, 1.54) is 11.1 Å². The van der Waals surface area contributed by atoms with Crippen molar-refractivity contribution in [1.29, 1.82) is 0 Å². The standard InChI is InChI=1S/C15H24O2/c1-7-11(4)13-9-8-12(10(2)3)14(16-5)15(13)17-6/h8-11H,7H2,1-6H3. The molecule has 0 bridgehead atoms. The van der Waals surface area contributed by atoms with E-state index in [1.54, 1.807) is 14.2 Å². The molecule has 0 saturated heterocycles. The van der Waals surface area contributed by atoms with Crippen molar-refractivity contribution in [1.82, 2.24) is 0 Å². The summed E-state index contributed by atoms with van der Waals surface area (Å²) in [6.45, 7) is 8.74. The second-order valence-corrected chi connectivity index (χ2v) is 4.77. The molecule has 0 radical (unpaired) electrons. The van der Waals surface area contributed by atoms with Crippen LogP contribution in [-0.2, 0) is 0 Å². The van der Waals surface area contributed by atoms with Gasteiger partial charge in [0.05, 0.1) is 14.2 Å². The smallest absolute Gasteiger partial charge is 0.164 e. The second kappa shape index (κ2) is 5.95. The lowest BCUT2D eigenvalue weighted by atomic mass is 9.92. The second-order valence-electron chi connectivity index (χ2n) is 4.77. The quantitative estimate of drug-likeness (QED) is 0.757. The Balaban J connectivity index is 3.37. The molecule has 0 amide bonds. The molecule has 0 aliphatic carbocycles. The molecule has 0 N–H and O–H groups in total. The third-order valence-corrected chi connectivity index (χ3v) is 3.35. The zero-order valence-electron chi connectivity index (χ0n) is 11.8. The number of hydrogen-bond donors (Lipinski definition) is 0. The molecule has 1 unspecified atom stereocenters. The fourth-order valence-corrected chi connectivity index (χ4v) is 2.08. The first-order chi connectivity index (χ1) is 8.06. The molecule has 1 aromatic rings. The van der Waals surface area contributed by atoms with Crippen LogP contribution in [0.2, 0.25) is 0 Å². The van der Waals surface area contributed by atoms with E-state index in [1.807, 2.05) is 0 Å². The van der Waals surface area contributed by atoms with E-state index in [4.69, 9.17) is 9.47 Å². The zero-order chi connectivity index (χ0) is 13.0. The minimum atomic E-state index is 0.435. The average molecular weight is 236 g/mol. The number of ether oxygens (including phenoxy) is 2. The molecule has 17 heavy (non-hydrogen) atoms. The van der Waals surface area contributed by atoms with Crippen molar-refractivity contribution in [2.75, 3.05) is 14.2 Å². The Morgan fingerprint density at radius 2 is 1.41 bits per heavy atom. The normalized spacial score (nSPS) is 12.6. The van der Waals surface area contributed by atoms with Crippen molar-refractivity contribution >= 4 is 0 Å². The molecule has 0 saturated carbocycles. The third-order valence-electron chi connectivity index (χ3n) is 3.35. The Morgan fingerprint density at radius 1 is 0.941 bits per heavy atom. The summed E-state index contributed by atoms with van der Waals surface area (Å²) in [5.74, 6) is 2.71. The number of hydrogen-bond acceptors (Lipinski definition) is 2. The summed E-state index contributed by atoms with van der Waals surface area (Å²) in [5, 5.41) is 0. The summed E-state index contributed by atoms with van der Waals surface area (Å²) < 4.78 is 11.1. The van der Waals surface area contributed by atoms with Crippen LogP contribution < -0.4 is 9.47 Å². The van der Waals surface area contributed by atoms with Crippen molar-refractivity contribution in [2.45, 2.75) is 46.0 Å². The lowest BCUT2D eigenvalue weighted by molar-refractivity contribution is 0.345. The molecular formula is C15H24O2. The van der Waals surface area contributed by atoms with E-state index < -0.39 is 0 Å². The highest BCUT2D eigenvalue weighted by Gasteiger charge is 2.19. The summed E-state index contributed by atoms with van der Waals surface area (Å²) >= 11 is 0. The molecule has 1 aromatic carbocycles. The molecule has 1 rings (SSSR count). The average Bonchev–Trinajstić information content (AvgIpc) is 2.35. The molecule has 1 atom stereocenters. The predicted octanol–water partition coefficient (Wildman–Crippen LogP) is 4.34. The van der Waals surface area contributed by atoms with Crippen LogP contribution in [0.5, 0.6) is 11.5 Å². The van der Waals surface area contributed by atoms with Gasteiger partial charge in [-0.2, -0.15) is 0 Å². The largest absolute Gasteiger partial charge is 0.493 e. The molecule has 0 aliphatic rings. The molecule has 2 heteroatoms. The molecular weight excluding hydrogens is 212 g/mol. The van der Waals surface area contributed by atoms with Crippen LogP contribution in [0.15, 0.2) is 12.1 Å². The Morgan fingerprint density at radius 3 is 1.82 bits per heavy atom.